The lowest BCUT2D eigenvalue weighted by Gasteiger charge is -2.16. The molecule has 0 aliphatic carbocycles. The fourth-order valence-corrected chi connectivity index (χ4v) is 1.39. The largest absolute Gasteiger partial charge is 0.393 e. The van der Waals surface area contributed by atoms with E-state index in [4.69, 9.17) is 0 Å². The maximum Gasteiger partial charge on any atom is 0.0543 e. The molecule has 0 radical (unpaired) electrons. The molecule has 0 amide bonds. The van der Waals surface area contributed by atoms with E-state index in [-0.39, 0.29) is 6.10 Å². The molecule has 2 heteroatoms. The molecule has 13 heavy (non-hydrogen) atoms. The molecule has 0 rings (SSSR count). The van der Waals surface area contributed by atoms with Gasteiger partial charge >= 0.3 is 0 Å². The minimum Gasteiger partial charge on any atom is -0.393 e. The zero-order valence-corrected chi connectivity index (χ0v) is 9.58. The molecule has 0 heterocycles. The van der Waals surface area contributed by atoms with Gasteiger partial charge in [-0.05, 0) is 45.8 Å². The second kappa shape index (κ2) is 7.34. The van der Waals surface area contributed by atoms with Crippen molar-refractivity contribution in [3.8, 4) is 0 Å². The normalized spacial score (nSPS) is 16.2. The molecule has 2 unspecified atom stereocenters. The number of aliphatic hydroxyl groups excluding tert-OH is 1. The minimum absolute atomic E-state index is 0.0881. The van der Waals surface area contributed by atoms with Crippen LogP contribution < -0.4 is 0 Å². The first kappa shape index (κ1) is 12.9. The van der Waals surface area contributed by atoms with Crippen molar-refractivity contribution in [1.82, 2.24) is 4.90 Å². The van der Waals surface area contributed by atoms with Gasteiger partial charge in [-0.1, -0.05) is 20.3 Å². The van der Waals surface area contributed by atoms with Gasteiger partial charge in [-0.15, -0.1) is 0 Å². The third kappa shape index (κ3) is 8.26. The average Bonchev–Trinajstić information content (AvgIpc) is 2.03. The van der Waals surface area contributed by atoms with Crippen molar-refractivity contribution in [2.45, 2.75) is 45.6 Å². The minimum atomic E-state index is -0.0881. The predicted molar refractivity (Wildman–Crippen MR) is 57.9 cm³/mol. The Morgan fingerprint density at radius 1 is 1.31 bits per heavy atom. The first-order chi connectivity index (χ1) is 6.06. The van der Waals surface area contributed by atoms with E-state index in [1.807, 2.05) is 0 Å². The van der Waals surface area contributed by atoms with E-state index in [1.165, 1.54) is 6.42 Å². The molecule has 0 saturated carbocycles. The first-order valence-electron chi connectivity index (χ1n) is 5.39. The van der Waals surface area contributed by atoms with Crippen molar-refractivity contribution in [2.75, 3.05) is 20.6 Å². The number of hydrogen-bond acceptors (Lipinski definition) is 2. The second-order valence-electron chi connectivity index (χ2n) is 4.35. The fourth-order valence-electron chi connectivity index (χ4n) is 1.39. The highest BCUT2D eigenvalue weighted by Crippen LogP contribution is 2.13. The molecule has 0 bridgehead atoms. The van der Waals surface area contributed by atoms with Crippen LogP contribution in [0.4, 0.5) is 0 Å². The lowest BCUT2D eigenvalue weighted by atomic mass is 9.98. The van der Waals surface area contributed by atoms with Gasteiger partial charge in [-0.2, -0.15) is 0 Å². The molecule has 0 saturated heterocycles. The summed E-state index contributed by atoms with van der Waals surface area (Å²) >= 11 is 0. The van der Waals surface area contributed by atoms with E-state index in [9.17, 15) is 5.11 Å². The van der Waals surface area contributed by atoms with Gasteiger partial charge < -0.3 is 10.0 Å². The summed E-state index contributed by atoms with van der Waals surface area (Å²) < 4.78 is 0. The van der Waals surface area contributed by atoms with Gasteiger partial charge in [0.2, 0.25) is 0 Å². The van der Waals surface area contributed by atoms with Crippen LogP contribution in [0.25, 0.3) is 0 Å². The standard InChI is InChI=1S/C11H25NO/c1-5-10(2)9-11(13)7-6-8-12(3)4/h10-11,13H,5-9H2,1-4H3. The molecule has 0 aromatic carbocycles. The quantitative estimate of drug-likeness (QED) is 0.660. The molecule has 2 atom stereocenters. The van der Waals surface area contributed by atoms with Gasteiger partial charge in [0, 0.05) is 0 Å². The van der Waals surface area contributed by atoms with Gasteiger partial charge in [-0.3, -0.25) is 0 Å². The molecule has 0 aromatic heterocycles. The predicted octanol–water partition coefficient (Wildman–Crippen LogP) is 2.13. The Morgan fingerprint density at radius 2 is 1.92 bits per heavy atom. The summed E-state index contributed by atoms with van der Waals surface area (Å²) in [6.45, 7) is 5.46. The van der Waals surface area contributed by atoms with Gasteiger partial charge in [0.1, 0.15) is 0 Å². The molecule has 80 valence electrons. The number of aliphatic hydroxyl groups is 1. The van der Waals surface area contributed by atoms with E-state index < -0.39 is 0 Å². The highest BCUT2D eigenvalue weighted by molar-refractivity contribution is 4.61. The topological polar surface area (TPSA) is 23.5 Å². The van der Waals surface area contributed by atoms with E-state index in [2.05, 4.69) is 32.8 Å². The fraction of sp³-hybridized carbons (Fsp3) is 1.00. The molecule has 0 aliphatic heterocycles. The Balaban J connectivity index is 3.34. The van der Waals surface area contributed by atoms with Crippen LogP contribution in [0.2, 0.25) is 0 Å². The van der Waals surface area contributed by atoms with Gasteiger partial charge in [-0.25, -0.2) is 0 Å². The molecule has 1 N–H and O–H groups in total. The summed E-state index contributed by atoms with van der Waals surface area (Å²) in [6, 6.07) is 0. The lowest BCUT2D eigenvalue weighted by Crippen LogP contribution is -2.17. The average molecular weight is 187 g/mol. The third-order valence-corrected chi connectivity index (χ3v) is 2.51. The van der Waals surface area contributed by atoms with Crippen molar-refractivity contribution in [3.05, 3.63) is 0 Å². The maximum absolute atomic E-state index is 9.65. The van der Waals surface area contributed by atoms with E-state index in [0.717, 1.165) is 25.8 Å². The monoisotopic (exact) mass is 187 g/mol. The van der Waals surface area contributed by atoms with Gasteiger partial charge in [0.25, 0.3) is 0 Å². The zero-order chi connectivity index (χ0) is 10.3. The molecule has 0 fully saturated rings. The van der Waals surface area contributed by atoms with Crippen LogP contribution in [0.1, 0.15) is 39.5 Å². The van der Waals surface area contributed by atoms with E-state index >= 15 is 0 Å². The van der Waals surface area contributed by atoms with E-state index in [1.54, 1.807) is 0 Å². The molecule has 2 nitrogen and oxygen atoms in total. The van der Waals surface area contributed by atoms with Gasteiger partial charge in [0.05, 0.1) is 6.10 Å². The van der Waals surface area contributed by atoms with Crippen LogP contribution in [-0.4, -0.2) is 36.8 Å². The Labute approximate surface area is 82.9 Å². The molecule has 0 aromatic rings. The summed E-state index contributed by atoms with van der Waals surface area (Å²) in [4.78, 5) is 2.16. The van der Waals surface area contributed by atoms with Gasteiger partial charge in [0.15, 0.2) is 0 Å². The summed E-state index contributed by atoms with van der Waals surface area (Å²) in [5.41, 5.74) is 0. The van der Waals surface area contributed by atoms with Crippen molar-refractivity contribution < 1.29 is 5.11 Å². The zero-order valence-electron chi connectivity index (χ0n) is 9.58. The molecular formula is C11H25NO. The highest BCUT2D eigenvalue weighted by atomic mass is 16.3. The summed E-state index contributed by atoms with van der Waals surface area (Å²) in [5, 5.41) is 9.65. The third-order valence-electron chi connectivity index (χ3n) is 2.51. The summed E-state index contributed by atoms with van der Waals surface area (Å²) in [5.74, 6) is 0.661. The van der Waals surface area contributed by atoms with Crippen LogP contribution in [0, 0.1) is 5.92 Å². The second-order valence-corrected chi connectivity index (χ2v) is 4.35. The van der Waals surface area contributed by atoms with Crippen molar-refractivity contribution in [1.29, 1.82) is 0 Å². The van der Waals surface area contributed by atoms with Crippen LogP contribution in [-0.2, 0) is 0 Å². The molecular weight excluding hydrogens is 162 g/mol. The van der Waals surface area contributed by atoms with Crippen molar-refractivity contribution in [2.24, 2.45) is 5.92 Å². The van der Waals surface area contributed by atoms with Crippen LogP contribution in [0.3, 0.4) is 0 Å². The summed E-state index contributed by atoms with van der Waals surface area (Å²) in [6.07, 6.45) is 4.09. The first-order valence-corrected chi connectivity index (χ1v) is 5.39. The van der Waals surface area contributed by atoms with E-state index in [0.29, 0.717) is 5.92 Å². The Morgan fingerprint density at radius 3 is 2.38 bits per heavy atom. The Bertz CT molecular complexity index is 115. The maximum atomic E-state index is 9.65. The van der Waals surface area contributed by atoms with Crippen molar-refractivity contribution >= 4 is 0 Å². The van der Waals surface area contributed by atoms with Crippen molar-refractivity contribution in [3.63, 3.8) is 0 Å². The number of rotatable bonds is 7. The van der Waals surface area contributed by atoms with Crippen LogP contribution >= 0.6 is 0 Å². The lowest BCUT2D eigenvalue weighted by molar-refractivity contribution is 0.130. The Kier molecular flexibility index (Phi) is 7.29. The number of nitrogens with zero attached hydrogens (tertiary/aromatic N) is 1. The summed E-state index contributed by atoms with van der Waals surface area (Å²) in [7, 11) is 4.14. The molecule has 0 aliphatic rings. The Hall–Kier alpha value is -0.0800. The molecule has 0 spiro atoms. The van der Waals surface area contributed by atoms with Crippen LogP contribution in [0.15, 0.2) is 0 Å². The highest BCUT2D eigenvalue weighted by Gasteiger charge is 2.08. The smallest absolute Gasteiger partial charge is 0.0543 e. The number of hydrogen-bond donors (Lipinski definition) is 1. The SMILES string of the molecule is CCC(C)CC(O)CCCN(C)C. The van der Waals surface area contributed by atoms with Crippen LogP contribution in [0.5, 0.6) is 0 Å².